The van der Waals surface area contributed by atoms with Gasteiger partial charge in [-0.1, -0.05) is 89.1 Å². The molecule has 0 aliphatic heterocycles. The van der Waals surface area contributed by atoms with E-state index >= 15 is 0 Å². The molecule has 0 aromatic rings. The van der Waals surface area contributed by atoms with Gasteiger partial charge in [0.1, 0.15) is 0 Å². The minimum atomic E-state index is -0.212. The second-order valence-corrected chi connectivity index (χ2v) is 18.2. The third-order valence-electron chi connectivity index (χ3n) is 11.7. The van der Waals surface area contributed by atoms with Gasteiger partial charge in [0.2, 0.25) is 0 Å². The fourth-order valence-electron chi connectivity index (χ4n) is 7.57. The number of unbranched alkanes of at least 4 members (excludes halogenated alkanes) is 15. The summed E-state index contributed by atoms with van der Waals surface area (Å²) in [6, 6.07) is 0. The number of hydrogen-bond acceptors (Lipinski definition) is 10. The first kappa shape index (κ1) is 65.7. The van der Waals surface area contributed by atoms with Gasteiger partial charge < -0.3 is 38.4 Å². The molecular weight excluding hydrogens is 855 g/mol. The highest BCUT2D eigenvalue weighted by Gasteiger charge is 2.13. The molecule has 0 spiro atoms. The number of esters is 2. The maximum atomic E-state index is 12.5. The first-order chi connectivity index (χ1) is 33.5. The van der Waals surface area contributed by atoms with E-state index in [1.807, 2.05) is 0 Å². The summed E-state index contributed by atoms with van der Waals surface area (Å²) in [7, 11) is 0. The number of ether oxygens (including phenoxy) is 6. The number of allylic oxidation sites excluding steroid dienone is 8. The van der Waals surface area contributed by atoms with Crippen molar-refractivity contribution < 1.29 is 43.1 Å². The first-order valence-electron chi connectivity index (χ1n) is 28.2. The van der Waals surface area contributed by atoms with Gasteiger partial charge in [-0.25, -0.2) is 0 Å². The molecule has 0 heterocycles. The zero-order valence-corrected chi connectivity index (χ0v) is 44.6. The molecule has 0 aromatic heterocycles. The van der Waals surface area contributed by atoms with E-state index in [1.165, 1.54) is 0 Å². The average molecular weight is 962 g/mol. The average Bonchev–Trinajstić information content (AvgIpc) is 3.34. The van der Waals surface area contributed by atoms with E-state index in [4.69, 9.17) is 28.4 Å². The van der Waals surface area contributed by atoms with Crippen molar-refractivity contribution in [2.75, 3.05) is 65.9 Å². The summed E-state index contributed by atoms with van der Waals surface area (Å²) in [4.78, 5) is 27.5. The zero-order valence-electron chi connectivity index (χ0n) is 44.6. The Hall–Kier alpha value is -2.34. The standard InChI is InChI=1S/C58H107NO9/c1-5-9-13-17-22-36-51-65-57(66-52-37-23-18-14-10-6-2)43-29-27-41-55(61)63-49-35-26-21-31-45-59(46-32-34-48-60)47-33-40-50-64-56(62)42-28-30-44-58(67-53-38-24-19-15-11-7-3)68-54-39-25-20-16-12-8-4/h9-16,57-58,60H,5-8,17-54H2,1-4H3/b13-9-,14-10-,15-11-,16-12-. The molecule has 0 rings (SSSR count). The topological polar surface area (TPSA) is 113 Å². The fraction of sp³-hybridized carbons (Fsp3) is 0.828. The van der Waals surface area contributed by atoms with Crippen LogP contribution in [0.4, 0.5) is 0 Å². The Balaban J connectivity index is 4.32. The Bertz CT molecular complexity index is 1130. The second kappa shape index (κ2) is 55.6. The van der Waals surface area contributed by atoms with Gasteiger partial charge in [-0.3, -0.25) is 9.59 Å². The minimum Gasteiger partial charge on any atom is -0.466 e. The van der Waals surface area contributed by atoms with Crippen LogP contribution in [0.2, 0.25) is 0 Å². The summed E-state index contributed by atoms with van der Waals surface area (Å²) >= 11 is 0. The van der Waals surface area contributed by atoms with Crippen LogP contribution in [0.1, 0.15) is 233 Å². The van der Waals surface area contributed by atoms with Crippen molar-refractivity contribution in [3.63, 3.8) is 0 Å². The molecule has 0 bridgehead atoms. The third-order valence-corrected chi connectivity index (χ3v) is 11.7. The van der Waals surface area contributed by atoms with Crippen molar-refractivity contribution in [1.29, 1.82) is 0 Å². The highest BCUT2D eigenvalue weighted by molar-refractivity contribution is 5.69. The highest BCUT2D eigenvalue weighted by atomic mass is 16.7. The predicted octanol–water partition coefficient (Wildman–Crippen LogP) is 14.9. The van der Waals surface area contributed by atoms with E-state index in [9.17, 15) is 14.7 Å². The van der Waals surface area contributed by atoms with Crippen molar-refractivity contribution in [1.82, 2.24) is 4.90 Å². The molecule has 0 radical (unpaired) electrons. The molecule has 398 valence electrons. The van der Waals surface area contributed by atoms with E-state index in [0.29, 0.717) is 52.5 Å². The fourth-order valence-corrected chi connectivity index (χ4v) is 7.57. The van der Waals surface area contributed by atoms with E-state index in [2.05, 4.69) is 81.2 Å². The molecule has 0 aliphatic rings. The normalized spacial score (nSPS) is 12.2. The highest BCUT2D eigenvalue weighted by Crippen LogP contribution is 2.15. The van der Waals surface area contributed by atoms with Gasteiger partial charge in [-0.2, -0.15) is 0 Å². The number of carbonyl (C=O) groups excluding carboxylic acids is 2. The number of hydrogen-bond donors (Lipinski definition) is 1. The lowest BCUT2D eigenvalue weighted by Gasteiger charge is -2.22. The lowest BCUT2D eigenvalue weighted by molar-refractivity contribution is -0.149. The smallest absolute Gasteiger partial charge is 0.305 e. The molecule has 0 unspecified atom stereocenters. The summed E-state index contributed by atoms with van der Waals surface area (Å²) in [6.07, 6.45) is 48.2. The van der Waals surface area contributed by atoms with Crippen molar-refractivity contribution in [3.8, 4) is 0 Å². The molecule has 0 saturated heterocycles. The van der Waals surface area contributed by atoms with E-state index < -0.39 is 0 Å². The molecular formula is C58H107NO9. The van der Waals surface area contributed by atoms with Crippen LogP contribution >= 0.6 is 0 Å². The van der Waals surface area contributed by atoms with Gasteiger partial charge in [0, 0.05) is 45.9 Å². The molecule has 10 heteroatoms. The maximum absolute atomic E-state index is 12.5. The van der Waals surface area contributed by atoms with Crippen LogP contribution in [0.5, 0.6) is 0 Å². The Morgan fingerprint density at radius 2 is 0.706 bits per heavy atom. The molecule has 0 fully saturated rings. The molecule has 10 nitrogen and oxygen atoms in total. The number of nitrogens with zero attached hydrogens (tertiary/aromatic N) is 1. The molecule has 0 saturated carbocycles. The summed E-state index contributed by atoms with van der Waals surface area (Å²) in [5, 5.41) is 9.34. The van der Waals surface area contributed by atoms with Crippen molar-refractivity contribution >= 4 is 11.9 Å². The summed E-state index contributed by atoms with van der Waals surface area (Å²) in [6.45, 7) is 15.5. The largest absolute Gasteiger partial charge is 0.466 e. The van der Waals surface area contributed by atoms with E-state index in [-0.39, 0.29) is 31.1 Å². The van der Waals surface area contributed by atoms with Gasteiger partial charge in [0.05, 0.1) is 13.2 Å². The Kier molecular flexibility index (Phi) is 53.7. The van der Waals surface area contributed by atoms with Gasteiger partial charge >= 0.3 is 11.9 Å². The zero-order chi connectivity index (χ0) is 49.5. The van der Waals surface area contributed by atoms with Crippen molar-refractivity contribution in [2.24, 2.45) is 0 Å². The van der Waals surface area contributed by atoms with Crippen LogP contribution in [0.15, 0.2) is 48.6 Å². The Labute approximate surface area is 418 Å². The molecule has 0 amide bonds. The number of aliphatic hydroxyl groups excluding tert-OH is 1. The quantitative estimate of drug-likeness (QED) is 0.0274. The minimum absolute atomic E-state index is 0.113. The first-order valence-corrected chi connectivity index (χ1v) is 28.2. The molecule has 0 atom stereocenters. The van der Waals surface area contributed by atoms with Crippen LogP contribution in [0, 0.1) is 0 Å². The summed E-state index contributed by atoms with van der Waals surface area (Å²) in [5.74, 6) is -0.235. The van der Waals surface area contributed by atoms with Gasteiger partial charge in [-0.15, -0.1) is 0 Å². The second-order valence-electron chi connectivity index (χ2n) is 18.2. The molecule has 68 heavy (non-hydrogen) atoms. The van der Waals surface area contributed by atoms with Crippen molar-refractivity contribution in [2.45, 2.75) is 246 Å². The van der Waals surface area contributed by atoms with Crippen LogP contribution < -0.4 is 0 Å². The SMILES string of the molecule is CC/C=C\CCCCOC(CCCCC(=O)OCCCCCCN(CCCCO)CCCCOC(=O)CCCCC(OCCCC/C=C\CC)OCCCC/C=C\CC)OCCCC/C=C\CC. The lowest BCUT2D eigenvalue weighted by atomic mass is 10.1. The van der Waals surface area contributed by atoms with E-state index in [1.54, 1.807) is 0 Å². The Morgan fingerprint density at radius 1 is 0.382 bits per heavy atom. The van der Waals surface area contributed by atoms with Crippen molar-refractivity contribution in [3.05, 3.63) is 48.6 Å². The summed E-state index contributed by atoms with van der Waals surface area (Å²) in [5.41, 5.74) is 0. The van der Waals surface area contributed by atoms with Crippen LogP contribution in [0.25, 0.3) is 0 Å². The Morgan fingerprint density at radius 3 is 1.07 bits per heavy atom. The van der Waals surface area contributed by atoms with Crippen LogP contribution in [-0.4, -0.2) is 100 Å². The third kappa shape index (κ3) is 50.1. The number of aliphatic hydroxyl groups is 1. The number of carbonyl (C=O) groups is 2. The molecule has 0 aromatic carbocycles. The summed E-state index contributed by atoms with van der Waals surface area (Å²) < 4.78 is 35.7. The van der Waals surface area contributed by atoms with Gasteiger partial charge in [-0.05, 0) is 199 Å². The monoisotopic (exact) mass is 962 g/mol. The van der Waals surface area contributed by atoms with Gasteiger partial charge in [0.25, 0.3) is 0 Å². The number of rotatable bonds is 54. The lowest BCUT2D eigenvalue weighted by Crippen LogP contribution is -2.27. The van der Waals surface area contributed by atoms with Crippen LogP contribution in [0.3, 0.4) is 0 Å². The van der Waals surface area contributed by atoms with Gasteiger partial charge in [0.15, 0.2) is 12.6 Å². The maximum Gasteiger partial charge on any atom is 0.305 e. The van der Waals surface area contributed by atoms with Crippen LogP contribution in [-0.2, 0) is 38.0 Å². The molecule has 0 aliphatic carbocycles. The molecule has 1 N–H and O–H groups in total. The van der Waals surface area contributed by atoms with E-state index in [0.717, 1.165) is 212 Å². The predicted molar refractivity (Wildman–Crippen MR) is 284 cm³/mol.